The van der Waals surface area contributed by atoms with Crippen molar-refractivity contribution in [3.05, 3.63) is 52.6 Å². The number of rotatable bonds is 4. The molecule has 0 unspecified atom stereocenters. The number of halogens is 2. The monoisotopic (exact) mass is 384 g/mol. The van der Waals surface area contributed by atoms with Gasteiger partial charge in [-0.2, -0.15) is 0 Å². The number of carbonyl (C=O) groups excluding carboxylic acids is 1. The molecule has 28 heavy (non-hydrogen) atoms. The maximum absolute atomic E-state index is 12.8. The van der Waals surface area contributed by atoms with E-state index in [2.05, 4.69) is 9.97 Å². The second-order valence-corrected chi connectivity index (χ2v) is 8.01. The quantitative estimate of drug-likeness (QED) is 0.812. The van der Waals surface area contributed by atoms with Crippen LogP contribution in [0, 0.1) is 5.92 Å². The molecule has 5 nitrogen and oxygen atoms in total. The number of anilines is 1. The van der Waals surface area contributed by atoms with Gasteiger partial charge >= 0.3 is 0 Å². The maximum Gasteiger partial charge on any atom is 0.280 e. The van der Waals surface area contributed by atoms with Gasteiger partial charge in [-0.1, -0.05) is 0 Å². The lowest BCUT2D eigenvalue weighted by molar-refractivity contribution is -0.133. The summed E-state index contributed by atoms with van der Waals surface area (Å²) in [6.45, 7) is 2.72. The Morgan fingerprint density at radius 2 is 2.04 bits per heavy atom. The van der Waals surface area contributed by atoms with E-state index in [1.165, 1.54) is 35.4 Å². The van der Waals surface area contributed by atoms with Crippen LogP contribution in [0.4, 0.5) is 14.5 Å². The van der Waals surface area contributed by atoms with Crippen LogP contribution in [-0.4, -0.2) is 33.9 Å². The van der Waals surface area contributed by atoms with E-state index >= 15 is 0 Å². The molecule has 0 aromatic carbocycles. The first-order valence-corrected chi connectivity index (χ1v) is 9.84. The number of nitrogens with zero attached hydrogens (tertiary/aromatic N) is 4. The minimum Gasteiger partial charge on any atom is -0.371 e. The molecule has 5 rings (SSSR count). The molecule has 0 saturated carbocycles. The van der Waals surface area contributed by atoms with Gasteiger partial charge in [0.2, 0.25) is 5.91 Å². The van der Waals surface area contributed by atoms with Crippen LogP contribution in [0.1, 0.15) is 47.3 Å². The van der Waals surface area contributed by atoms with Crippen molar-refractivity contribution in [3.63, 3.8) is 0 Å². The Kier molecular flexibility index (Phi) is 4.25. The van der Waals surface area contributed by atoms with E-state index in [9.17, 15) is 13.6 Å². The molecule has 1 fully saturated rings. The van der Waals surface area contributed by atoms with Crippen LogP contribution >= 0.6 is 0 Å². The maximum atomic E-state index is 12.8. The highest BCUT2D eigenvalue weighted by atomic mass is 19.3. The van der Waals surface area contributed by atoms with Gasteiger partial charge in [0.05, 0.1) is 12.2 Å². The second kappa shape index (κ2) is 6.79. The Labute approximate surface area is 162 Å². The molecule has 146 valence electrons. The molecule has 2 aromatic rings. The van der Waals surface area contributed by atoms with Gasteiger partial charge in [-0.25, -0.2) is 8.78 Å². The molecule has 0 spiro atoms. The first-order chi connectivity index (χ1) is 13.6. The standard InChI is InChI=1S/C21H22F2N4O/c22-21(23)18-7-15(4-5-24-18)26-9-13(10-26)6-20(28)27-11-17-16-3-1-2-14(16)8-25-19(17)12-27/h4-5,7-8,13,21H,1-3,6,9-12H2. The van der Waals surface area contributed by atoms with Crippen molar-refractivity contribution in [3.8, 4) is 0 Å². The van der Waals surface area contributed by atoms with Crippen LogP contribution in [-0.2, 0) is 30.7 Å². The number of amides is 1. The van der Waals surface area contributed by atoms with E-state index < -0.39 is 6.43 Å². The molecule has 1 amide bonds. The normalized spacial score (nSPS) is 18.4. The molecular formula is C21H22F2N4O. The smallest absolute Gasteiger partial charge is 0.280 e. The molecule has 0 atom stereocenters. The fourth-order valence-corrected chi connectivity index (χ4v) is 4.63. The summed E-state index contributed by atoms with van der Waals surface area (Å²) in [5.74, 6) is 0.426. The van der Waals surface area contributed by atoms with Crippen LogP contribution in [0.25, 0.3) is 0 Å². The van der Waals surface area contributed by atoms with E-state index in [0.29, 0.717) is 32.6 Å². The van der Waals surface area contributed by atoms with Crippen molar-refractivity contribution in [2.75, 3.05) is 18.0 Å². The molecule has 1 saturated heterocycles. The summed E-state index contributed by atoms with van der Waals surface area (Å²) in [7, 11) is 0. The van der Waals surface area contributed by atoms with Crippen LogP contribution in [0.15, 0.2) is 24.5 Å². The lowest BCUT2D eigenvalue weighted by Crippen LogP contribution is -2.48. The van der Waals surface area contributed by atoms with Crippen molar-refractivity contribution in [2.24, 2.45) is 5.92 Å². The summed E-state index contributed by atoms with van der Waals surface area (Å²) in [4.78, 5) is 25.0. The summed E-state index contributed by atoms with van der Waals surface area (Å²) in [6.07, 6.45) is 4.73. The topological polar surface area (TPSA) is 49.3 Å². The van der Waals surface area contributed by atoms with Crippen molar-refractivity contribution in [1.29, 1.82) is 0 Å². The summed E-state index contributed by atoms with van der Waals surface area (Å²) >= 11 is 0. The van der Waals surface area contributed by atoms with Crippen molar-refractivity contribution < 1.29 is 13.6 Å². The highest BCUT2D eigenvalue weighted by Gasteiger charge is 2.34. The predicted octanol–water partition coefficient (Wildman–Crippen LogP) is 3.27. The molecule has 0 bridgehead atoms. The summed E-state index contributed by atoms with van der Waals surface area (Å²) in [6, 6.07) is 3.18. The van der Waals surface area contributed by atoms with E-state index in [1.807, 2.05) is 16.0 Å². The van der Waals surface area contributed by atoms with Gasteiger partial charge in [-0.05, 0) is 48.1 Å². The van der Waals surface area contributed by atoms with Crippen molar-refractivity contribution >= 4 is 11.6 Å². The largest absolute Gasteiger partial charge is 0.371 e. The Morgan fingerprint density at radius 1 is 1.18 bits per heavy atom. The molecular weight excluding hydrogens is 362 g/mol. The third-order valence-electron chi connectivity index (χ3n) is 6.17. The summed E-state index contributed by atoms with van der Waals surface area (Å²) in [5, 5.41) is 0. The van der Waals surface area contributed by atoms with Gasteiger partial charge < -0.3 is 9.80 Å². The van der Waals surface area contributed by atoms with Gasteiger partial charge in [-0.3, -0.25) is 14.8 Å². The third kappa shape index (κ3) is 3.02. The Morgan fingerprint density at radius 3 is 2.86 bits per heavy atom. The van der Waals surface area contributed by atoms with E-state index in [-0.39, 0.29) is 17.5 Å². The van der Waals surface area contributed by atoms with Crippen LogP contribution in [0.5, 0.6) is 0 Å². The van der Waals surface area contributed by atoms with Gasteiger partial charge in [-0.15, -0.1) is 0 Å². The molecule has 2 aromatic heterocycles. The Hall–Kier alpha value is -2.57. The average Bonchev–Trinajstić information content (AvgIpc) is 3.30. The van der Waals surface area contributed by atoms with E-state index in [1.54, 1.807) is 6.07 Å². The zero-order valence-electron chi connectivity index (χ0n) is 15.6. The average molecular weight is 384 g/mol. The fraction of sp³-hybridized carbons (Fsp3) is 0.476. The fourth-order valence-electron chi connectivity index (χ4n) is 4.63. The minimum atomic E-state index is -2.56. The molecule has 3 aliphatic rings. The second-order valence-electron chi connectivity index (χ2n) is 8.01. The molecule has 2 aliphatic heterocycles. The van der Waals surface area contributed by atoms with Crippen molar-refractivity contribution in [1.82, 2.24) is 14.9 Å². The molecule has 0 N–H and O–H groups in total. The zero-order valence-corrected chi connectivity index (χ0v) is 15.6. The lowest BCUT2D eigenvalue weighted by Gasteiger charge is -2.41. The molecule has 4 heterocycles. The molecule has 0 radical (unpaired) electrons. The van der Waals surface area contributed by atoms with E-state index in [0.717, 1.165) is 24.2 Å². The van der Waals surface area contributed by atoms with E-state index in [4.69, 9.17) is 0 Å². The number of hydrogen-bond acceptors (Lipinski definition) is 4. The summed E-state index contributed by atoms with van der Waals surface area (Å²) < 4.78 is 25.6. The summed E-state index contributed by atoms with van der Waals surface area (Å²) in [5.41, 5.74) is 5.65. The predicted molar refractivity (Wildman–Crippen MR) is 100 cm³/mol. The number of aromatic nitrogens is 2. The highest BCUT2D eigenvalue weighted by Crippen LogP contribution is 2.33. The number of pyridine rings is 2. The van der Waals surface area contributed by atoms with Crippen LogP contribution in [0.2, 0.25) is 0 Å². The molecule has 1 aliphatic carbocycles. The lowest BCUT2D eigenvalue weighted by atomic mass is 9.95. The third-order valence-corrected chi connectivity index (χ3v) is 6.17. The zero-order chi connectivity index (χ0) is 19.3. The van der Waals surface area contributed by atoms with Gasteiger partial charge in [0.15, 0.2) is 0 Å². The minimum absolute atomic E-state index is 0.164. The van der Waals surface area contributed by atoms with Gasteiger partial charge in [0.25, 0.3) is 6.43 Å². The highest BCUT2D eigenvalue weighted by molar-refractivity contribution is 5.77. The first-order valence-electron chi connectivity index (χ1n) is 9.84. The number of alkyl halides is 2. The van der Waals surface area contributed by atoms with Crippen LogP contribution in [0.3, 0.4) is 0 Å². The molecule has 7 heteroatoms. The number of carbonyl (C=O) groups is 1. The number of aryl methyl sites for hydroxylation is 1. The Bertz CT molecular complexity index is 927. The number of hydrogen-bond donors (Lipinski definition) is 0. The van der Waals surface area contributed by atoms with Crippen LogP contribution < -0.4 is 4.90 Å². The van der Waals surface area contributed by atoms with Gasteiger partial charge in [0, 0.05) is 50.1 Å². The first kappa shape index (κ1) is 17.5. The number of fused-ring (bicyclic) bond motifs is 3. The van der Waals surface area contributed by atoms with Gasteiger partial charge in [0.1, 0.15) is 5.69 Å². The SMILES string of the molecule is O=C(CC1CN(c2ccnc(C(F)F)c2)C1)N1Cc2ncc3c(c2C1)CCC3. The van der Waals surface area contributed by atoms with Crippen molar-refractivity contribution in [2.45, 2.75) is 45.2 Å². The Balaban J connectivity index is 1.18.